The molecule has 0 radical (unpaired) electrons. The molecule has 29 heavy (non-hydrogen) atoms. The van der Waals surface area contributed by atoms with Crippen LogP contribution in [0.25, 0.3) is 0 Å². The third-order valence-corrected chi connectivity index (χ3v) is 7.13. The molecular formula is C20H29BrN4O3S. The van der Waals surface area contributed by atoms with Gasteiger partial charge in [-0.2, -0.15) is 0 Å². The molecular weight excluding hydrogens is 456 g/mol. The average molecular weight is 485 g/mol. The van der Waals surface area contributed by atoms with Crippen LogP contribution >= 0.6 is 27.9 Å². The van der Waals surface area contributed by atoms with E-state index in [4.69, 9.17) is 9.47 Å². The molecule has 0 spiro atoms. The molecule has 0 saturated carbocycles. The molecule has 1 aromatic carbocycles. The number of carbonyl (C=O) groups excluding carboxylic acids is 1. The number of benzene rings is 1. The van der Waals surface area contributed by atoms with E-state index in [1.807, 2.05) is 43.2 Å². The summed E-state index contributed by atoms with van der Waals surface area (Å²) in [5.74, 6) is 0.486. The van der Waals surface area contributed by atoms with Crippen LogP contribution in [0.4, 0.5) is 5.69 Å². The molecule has 0 amide bonds. The van der Waals surface area contributed by atoms with E-state index in [0.717, 1.165) is 36.4 Å². The molecule has 0 N–H and O–H groups in total. The Morgan fingerprint density at radius 3 is 2.41 bits per heavy atom. The first-order valence-corrected chi connectivity index (χ1v) is 11.7. The van der Waals surface area contributed by atoms with E-state index in [2.05, 4.69) is 43.5 Å². The number of rotatable bonds is 7. The summed E-state index contributed by atoms with van der Waals surface area (Å²) in [5.41, 5.74) is 1.74. The van der Waals surface area contributed by atoms with Crippen LogP contribution in [0.5, 0.6) is 5.75 Å². The molecule has 1 fully saturated rings. The number of hydrogen-bond donors (Lipinski definition) is 0. The van der Waals surface area contributed by atoms with Crippen LogP contribution in [-0.4, -0.2) is 86.1 Å². The van der Waals surface area contributed by atoms with E-state index in [-0.39, 0.29) is 12.0 Å². The third-order valence-electron chi connectivity index (χ3n) is 5.34. The number of piperazine rings is 1. The molecule has 3 rings (SSSR count). The topological polar surface area (TPSA) is 48.5 Å². The van der Waals surface area contributed by atoms with E-state index in [1.54, 1.807) is 11.9 Å². The highest BCUT2D eigenvalue weighted by atomic mass is 79.9. The zero-order valence-corrected chi connectivity index (χ0v) is 19.8. The van der Waals surface area contributed by atoms with Crippen molar-refractivity contribution >= 4 is 39.5 Å². The lowest BCUT2D eigenvalue weighted by atomic mass is 10.2. The van der Waals surface area contributed by atoms with E-state index in [0.29, 0.717) is 18.9 Å². The van der Waals surface area contributed by atoms with Crippen molar-refractivity contribution in [3.63, 3.8) is 0 Å². The zero-order chi connectivity index (χ0) is 21.0. The normalized spacial score (nSPS) is 21.1. The van der Waals surface area contributed by atoms with Crippen molar-refractivity contribution in [3.8, 4) is 5.75 Å². The molecule has 0 bridgehead atoms. The van der Waals surface area contributed by atoms with Crippen LogP contribution in [-0.2, 0) is 9.53 Å². The first kappa shape index (κ1) is 22.3. The maximum absolute atomic E-state index is 12.2. The van der Waals surface area contributed by atoms with Gasteiger partial charge in [0.25, 0.3) is 0 Å². The second-order valence-corrected chi connectivity index (χ2v) is 8.67. The average Bonchev–Trinajstić information content (AvgIpc) is 2.95. The number of halogens is 1. The lowest BCUT2D eigenvalue weighted by molar-refractivity contribution is -0.141. The molecule has 9 heteroatoms. The van der Waals surface area contributed by atoms with Crippen molar-refractivity contribution in [1.82, 2.24) is 14.3 Å². The first-order chi connectivity index (χ1) is 14.0. The van der Waals surface area contributed by atoms with Crippen LogP contribution in [0.3, 0.4) is 0 Å². The second-order valence-electron chi connectivity index (χ2n) is 6.93. The Morgan fingerprint density at radius 2 is 1.83 bits per heavy atom. The van der Waals surface area contributed by atoms with Gasteiger partial charge in [0, 0.05) is 50.4 Å². The van der Waals surface area contributed by atoms with Crippen LogP contribution < -0.4 is 9.64 Å². The summed E-state index contributed by atoms with van der Waals surface area (Å²) >= 11 is 5.39. The number of hydrazine groups is 1. The van der Waals surface area contributed by atoms with Gasteiger partial charge in [0.15, 0.2) is 0 Å². The highest BCUT2D eigenvalue weighted by molar-refractivity contribution is 9.11. The summed E-state index contributed by atoms with van der Waals surface area (Å²) in [6.07, 6.45) is 2.13. The lowest BCUT2D eigenvalue weighted by Gasteiger charge is -2.34. The number of anilines is 1. The Morgan fingerprint density at radius 1 is 1.17 bits per heavy atom. The zero-order valence-electron chi connectivity index (χ0n) is 17.4. The second kappa shape index (κ2) is 10.1. The van der Waals surface area contributed by atoms with Gasteiger partial charge in [-0.1, -0.05) is 27.9 Å². The summed E-state index contributed by atoms with van der Waals surface area (Å²) in [6.45, 7) is 6.80. The van der Waals surface area contributed by atoms with Crippen LogP contribution in [0.2, 0.25) is 0 Å². The number of carbonyl (C=O) groups is 1. The Bertz CT molecular complexity index is 738. The molecule has 1 unspecified atom stereocenters. The van der Waals surface area contributed by atoms with E-state index in [1.165, 1.54) is 5.69 Å². The Kier molecular flexibility index (Phi) is 7.72. The van der Waals surface area contributed by atoms with Crippen molar-refractivity contribution in [2.45, 2.75) is 13.0 Å². The van der Waals surface area contributed by atoms with Gasteiger partial charge in [-0.25, -0.2) is 14.1 Å². The fourth-order valence-electron chi connectivity index (χ4n) is 3.51. The Labute approximate surface area is 185 Å². The van der Waals surface area contributed by atoms with Gasteiger partial charge in [0.1, 0.15) is 18.1 Å². The summed E-state index contributed by atoms with van der Waals surface area (Å²) in [5, 5.41) is 3.77. The molecule has 2 aliphatic rings. The Hall–Kier alpha value is -1.42. The summed E-state index contributed by atoms with van der Waals surface area (Å²) in [6, 6.07) is 8.17. The van der Waals surface area contributed by atoms with E-state index in [9.17, 15) is 4.79 Å². The number of hydrogen-bond acceptors (Lipinski definition) is 8. The fraction of sp³-hybridized carbons (Fsp3) is 0.550. The van der Waals surface area contributed by atoms with Crippen molar-refractivity contribution in [3.05, 3.63) is 34.4 Å². The smallest absolute Gasteiger partial charge is 0.356 e. The van der Waals surface area contributed by atoms with Gasteiger partial charge < -0.3 is 19.4 Å². The number of ether oxygens (including phenoxy) is 2. The largest absolute Gasteiger partial charge is 0.492 e. The van der Waals surface area contributed by atoms with Crippen molar-refractivity contribution in [1.29, 1.82) is 0 Å². The molecule has 1 aromatic rings. The monoisotopic (exact) mass is 484 g/mol. The maximum atomic E-state index is 12.2. The predicted molar refractivity (Wildman–Crippen MR) is 121 cm³/mol. The van der Waals surface area contributed by atoms with Crippen LogP contribution in [0.15, 0.2) is 34.4 Å². The minimum absolute atomic E-state index is 0.0845. The van der Waals surface area contributed by atoms with Gasteiger partial charge in [-0.3, -0.25) is 0 Å². The van der Waals surface area contributed by atoms with Crippen molar-refractivity contribution in [2.24, 2.45) is 0 Å². The molecule has 7 nitrogen and oxygen atoms in total. The molecule has 160 valence electrons. The number of esters is 1. The standard InChI is InChI=1S/C20H29BrN4O3S/c1-5-27-20(26)19-18(21)17(22(2)23(19)3)14-28-16-8-6-15(7-9-16)24-10-12-25(29-4)13-11-24/h6-9,17H,5,10-14H2,1-4H3. The third kappa shape index (κ3) is 5.02. The lowest BCUT2D eigenvalue weighted by Crippen LogP contribution is -2.43. The highest BCUT2D eigenvalue weighted by Crippen LogP contribution is 2.32. The first-order valence-electron chi connectivity index (χ1n) is 9.76. The number of nitrogens with zero attached hydrogens (tertiary/aromatic N) is 4. The van der Waals surface area contributed by atoms with Crippen molar-refractivity contribution in [2.75, 3.05) is 64.6 Å². The highest BCUT2D eigenvalue weighted by Gasteiger charge is 2.38. The van der Waals surface area contributed by atoms with Gasteiger partial charge >= 0.3 is 5.97 Å². The Balaban J connectivity index is 1.59. The summed E-state index contributed by atoms with van der Waals surface area (Å²) in [7, 11) is 3.78. The molecule has 1 atom stereocenters. The van der Waals surface area contributed by atoms with Gasteiger partial charge in [-0.05, 0) is 37.4 Å². The maximum Gasteiger partial charge on any atom is 0.356 e. The molecule has 0 aliphatic carbocycles. The predicted octanol–water partition coefficient (Wildman–Crippen LogP) is 2.80. The fourth-order valence-corrected chi connectivity index (χ4v) is 4.89. The van der Waals surface area contributed by atoms with Crippen molar-refractivity contribution < 1.29 is 14.3 Å². The van der Waals surface area contributed by atoms with Gasteiger partial charge in [-0.15, -0.1) is 0 Å². The quantitative estimate of drug-likeness (QED) is 0.432. The van der Waals surface area contributed by atoms with E-state index < -0.39 is 0 Å². The minimum Gasteiger partial charge on any atom is -0.492 e. The molecule has 1 saturated heterocycles. The van der Waals surface area contributed by atoms with Gasteiger partial charge in [0.2, 0.25) is 0 Å². The van der Waals surface area contributed by atoms with Crippen LogP contribution in [0, 0.1) is 0 Å². The SMILES string of the molecule is CCOC(=O)C1=C(Br)C(COc2ccc(N3CCN(SC)CC3)cc2)N(C)N1C. The number of likely N-dealkylation sites (N-methyl/N-ethyl adjacent to an activating group) is 2. The molecule has 0 aromatic heterocycles. The van der Waals surface area contributed by atoms with Gasteiger partial charge in [0.05, 0.1) is 12.6 Å². The minimum atomic E-state index is -0.331. The molecule has 2 heterocycles. The summed E-state index contributed by atoms with van der Waals surface area (Å²) in [4.78, 5) is 14.6. The molecule has 2 aliphatic heterocycles. The van der Waals surface area contributed by atoms with Crippen LogP contribution in [0.1, 0.15) is 6.92 Å². The summed E-state index contributed by atoms with van der Waals surface area (Å²) < 4.78 is 14.4. The van der Waals surface area contributed by atoms with E-state index >= 15 is 0 Å².